The minimum Gasteiger partial charge on any atom is -0.490 e. The fourth-order valence-electron chi connectivity index (χ4n) is 2.13. The van der Waals surface area contributed by atoms with E-state index in [9.17, 15) is 4.79 Å². The highest BCUT2D eigenvalue weighted by atomic mass is 16.6. The number of aryl methyl sites for hydroxylation is 2. The van der Waals surface area contributed by atoms with Crippen LogP contribution in [0.3, 0.4) is 0 Å². The number of rotatable bonds is 3. The first kappa shape index (κ1) is 12.2. The monoisotopic (exact) mass is 260 g/mol. The van der Waals surface area contributed by atoms with E-state index in [0.29, 0.717) is 17.8 Å². The molecule has 1 aliphatic heterocycles. The molecule has 1 saturated heterocycles. The van der Waals surface area contributed by atoms with Gasteiger partial charge in [-0.25, -0.2) is 4.79 Å². The van der Waals surface area contributed by atoms with Crippen LogP contribution in [-0.2, 0) is 4.74 Å². The van der Waals surface area contributed by atoms with Gasteiger partial charge >= 0.3 is 5.63 Å². The SMILES string of the molecule is Cc1c(C)c2ccc(OC[C@@H]3CO3)c(C)c2oc1=O. The van der Waals surface area contributed by atoms with Crippen molar-refractivity contribution in [1.82, 2.24) is 0 Å². The lowest BCUT2D eigenvalue weighted by Crippen LogP contribution is -2.08. The normalized spacial score (nSPS) is 17.7. The molecule has 0 saturated carbocycles. The van der Waals surface area contributed by atoms with Crippen LogP contribution >= 0.6 is 0 Å². The van der Waals surface area contributed by atoms with Crippen LogP contribution in [0.1, 0.15) is 16.7 Å². The van der Waals surface area contributed by atoms with Gasteiger partial charge < -0.3 is 13.9 Å². The summed E-state index contributed by atoms with van der Waals surface area (Å²) in [6.45, 7) is 6.93. The van der Waals surface area contributed by atoms with Crippen molar-refractivity contribution in [1.29, 1.82) is 0 Å². The van der Waals surface area contributed by atoms with Crippen LogP contribution < -0.4 is 10.4 Å². The maximum atomic E-state index is 11.8. The molecule has 0 amide bonds. The molecule has 19 heavy (non-hydrogen) atoms. The number of fused-ring (bicyclic) bond motifs is 1. The standard InChI is InChI=1S/C15H16O4/c1-8-9(2)15(16)19-14-10(3)13(5-4-12(8)14)18-7-11-6-17-11/h4-5,11H,6-7H2,1-3H3/t11-/m0/s1. The average molecular weight is 260 g/mol. The summed E-state index contributed by atoms with van der Waals surface area (Å²) in [5, 5.41) is 0.963. The van der Waals surface area contributed by atoms with Crippen molar-refractivity contribution in [3.8, 4) is 5.75 Å². The highest BCUT2D eigenvalue weighted by Gasteiger charge is 2.23. The molecule has 1 aliphatic rings. The Balaban J connectivity index is 2.10. The Bertz CT molecular complexity index is 695. The van der Waals surface area contributed by atoms with Crippen LogP contribution in [0, 0.1) is 20.8 Å². The summed E-state index contributed by atoms with van der Waals surface area (Å²) >= 11 is 0. The zero-order valence-corrected chi connectivity index (χ0v) is 11.3. The maximum Gasteiger partial charge on any atom is 0.339 e. The van der Waals surface area contributed by atoms with Crippen molar-refractivity contribution in [3.05, 3.63) is 39.2 Å². The van der Waals surface area contributed by atoms with Gasteiger partial charge in [0.25, 0.3) is 0 Å². The quantitative estimate of drug-likeness (QED) is 0.628. The molecule has 1 fully saturated rings. The van der Waals surface area contributed by atoms with Gasteiger partial charge in [-0.15, -0.1) is 0 Å². The van der Waals surface area contributed by atoms with Gasteiger partial charge in [0.05, 0.1) is 6.61 Å². The smallest absolute Gasteiger partial charge is 0.339 e. The Morgan fingerprint density at radius 3 is 2.63 bits per heavy atom. The molecule has 0 radical (unpaired) electrons. The van der Waals surface area contributed by atoms with E-state index in [1.54, 1.807) is 6.92 Å². The van der Waals surface area contributed by atoms with E-state index in [-0.39, 0.29) is 11.7 Å². The lowest BCUT2D eigenvalue weighted by Gasteiger charge is -2.11. The van der Waals surface area contributed by atoms with E-state index in [4.69, 9.17) is 13.9 Å². The molecule has 100 valence electrons. The van der Waals surface area contributed by atoms with Gasteiger partial charge in [0.1, 0.15) is 24.0 Å². The van der Waals surface area contributed by atoms with Gasteiger partial charge in [0.15, 0.2) is 0 Å². The first-order valence-electron chi connectivity index (χ1n) is 6.36. The largest absolute Gasteiger partial charge is 0.490 e. The third-order valence-electron chi connectivity index (χ3n) is 3.65. The fraction of sp³-hybridized carbons (Fsp3) is 0.400. The molecule has 3 rings (SSSR count). The highest BCUT2D eigenvalue weighted by molar-refractivity contribution is 5.85. The van der Waals surface area contributed by atoms with Crippen LogP contribution in [0.5, 0.6) is 5.75 Å². The fourth-order valence-corrected chi connectivity index (χ4v) is 2.13. The molecular formula is C15H16O4. The third kappa shape index (κ3) is 2.12. The summed E-state index contributed by atoms with van der Waals surface area (Å²) in [4.78, 5) is 11.8. The van der Waals surface area contributed by atoms with E-state index in [1.165, 1.54) is 0 Å². The Kier molecular flexibility index (Phi) is 2.82. The summed E-state index contributed by atoms with van der Waals surface area (Å²) in [7, 11) is 0. The third-order valence-corrected chi connectivity index (χ3v) is 3.65. The highest BCUT2D eigenvalue weighted by Crippen LogP contribution is 2.29. The Labute approximate surface area is 110 Å². The number of ether oxygens (including phenoxy) is 2. The maximum absolute atomic E-state index is 11.8. The van der Waals surface area contributed by atoms with Crippen LogP contribution in [0.25, 0.3) is 11.0 Å². The van der Waals surface area contributed by atoms with E-state index in [0.717, 1.165) is 28.9 Å². The molecule has 4 nitrogen and oxygen atoms in total. The molecule has 1 aromatic carbocycles. The lowest BCUT2D eigenvalue weighted by atomic mass is 10.0. The number of epoxide rings is 1. The lowest BCUT2D eigenvalue weighted by molar-refractivity contribution is 0.261. The minimum atomic E-state index is -0.282. The molecule has 1 aromatic heterocycles. The zero-order chi connectivity index (χ0) is 13.6. The van der Waals surface area contributed by atoms with Crippen molar-refractivity contribution < 1.29 is 13.9 Å². The summed E-state index contributed by atoms with van der Waals surface area (Å²) < 4.78 is 16.2. The van der Waals surface area contributed by atoms with Gasteiger partial charge in [-0.2, -0.15) is 0 Å². The van der Waals surface area contributed by atoms with Crippen molar-refractivity contribution in [2.45, 2.75) is 26.9 Å². The number of hydrogen-bond acceptors (Lipinski definition) is 4. The molecule has 0 bridgehead atoms. The minimum absolute atomic E-state index is 0.210. The summed E-state index contributed by atoms with van der Waals surface area (Å²) in [5.41, 5.74) is 2.81. The Morgan fingerprint density at radius 2 is 1.95 bits per heavy atom. The van der Waals surface area contributed by atoms with Crippen molar-refractivity contribution in [2.75, 3.05) is 13.2 Å². The van der Waals surface area contributed by atoms with Gasteiger partial charge in [-0.1, -0.05) is 0 Å². The average Bonchev–Trinajstić information content (AvgIpc) is 3.20. The first-order valence-corrected chi connectivity index (χ1v) is 6.36. The molecule has 4 heteroatoms. The first-order chi connectivity index (χ1) is 9.08. The van der Waals surface area contributed by atoms with Gasteiger partial charge in [0, 0.05) is 16.5 Å². The van der Waals surface area contributed by atoms with Crippen LogP contribution in [0.2, 0.25) is 0 Å². The molecule has 0 unspecified atom stereocenters. The number of hydrogen-bond donors (Lipinski definition) is 0. The molecule has 2 aromatic rings. The van der Waals surface area contributed by atoms with Crippen LogP contribution in [0.4, 0.5) is 0 Å². The Hall–Kier alpha value is -1.81. The van der Waals surface area contributed by atoms with E-state index < -0.39 is 0 Å². The van der Waals surface area contributed by atoms with E-state index in [1.807, 2.05) is 26.0 Å². The van der Waals surface area contributed by atoms with Crippen molar-refractivity contribution in [3.63, 3.8) is 0 Å². The molecule has 2 heterocycles. The summed E-state index contributed by atoms with van der Waals surface area (Å²) in [6.07, 6.45) is 0.210. The van der Waals surface area contributed by atoms with Crippen molar-refractivity contribution in [2.24, 2.45) is 0 Å². The van der Waals surface area contributed by atoms with Crippen LogP contribution in [-0.4, -0.2) is 19.3 Å². The van der Waals surface area contributed by atoms with Crippen LogP contribution in [0.15, 0.2) is 21.3 Å². The second-order valence-electron chi connectivity index (χ2n) is 4.97. The van der Waals surface area contributed by atoms with Crippen molar-refractivity contribution >= 4 is 11.0 Å². The van der Waals surface area contributed by atoms with Gasteiger partial charge in [0.2, 0.25) is 0 Å². The zero-order valence-electron chi connectivity index (χ0n) is 11.3. The van der Waals surface area contributed by atoms with Gasteiger partial charge in [-0.3, -0.25) is 0 Å². The summed E-state index contributed by atoms with van der Waals surface area (Å²) in [6, 6.07) is 3.86. The topological polar surface area (TPSA) is 52.0 Å². The van der Waals surface area contributed by atoms with Gasteiger partial charge in [-0.05, 0) is 38.5 Å². The van der Waals surface area contributed by atoms with E-state index >= 15 is 0 Å². The molecule has 0 aliphatic carbocycles. The van der Waals surface area contributed by atoms with E-state index in [2.05, 4.69) is 0 Å². The number of benzene rings is 1. The second-order valence-corrected chi connectivity index (χ2v) is 4.97. The second kappa shape index (κ2) is 4.38. The predicted octanol–water partition coefficient (Wildman–Crippen LogP) is 2.50. The molecule has 0 N–H and O–H groups in total. The molecular weight excluding hydrogens is 244 g/mol. The molecule has 0 spiro atoms. The summed E-state index contributed by atoms with van der Waals surface area (Å²) in [5.74, 6) is 0.745. The molecule has 1 atom stereocenters. The Morgan fingerprint density at radius 1 is 1.21 bits per heavy atom. The predicted molar refractivity (Wildman–Crippen MR) is 71.9 cm³/mol.